The smallest absolute Gasteiger partial charge is 0.308 e. The molecule has 2 aromatic carbocycles. The third kappa shape index (κ3) is 4.06. The van der Waals surface area contributed by atoms with Crippen LogP contribution in [0.3, 0.4) is 0 Å². The molecule has 0 aliphatic carbocycles. The number of alkyl halides is 3. The van der Waals surface area contributed by atoms with Gasteiger partial charge in [-0.25, -0.2) is 4.79 Å². The van der Waals surface area contributed by atoms with Crippen LogP contribution in [0.25, 0.3) is 0 Å². The van der Waals surface area contributed by atoms with Crippen LogP contribution in [-0.4, -0.2) is 6.03 Å². The summed E-state index contributed by atoms with van der Waals surface area (Å²) in [5.41, 5.74) is 6.85. The molecule has 0 saturated carbocycles. The van der Waals surface area contributed by atoms with Crippen molar-refractivity contribution in [3.8, 4) is 0 Å². The molecule has 0 aromatic heterocycles. The second-order valence-electron chi connectivity index (χ2n) is 5.59. The Balaban J connectivity index is 1.66. The van der Waals surface area contributed by atoms with Gasteiger partial charge in [0.05, 0.1) is 16.9 Å². The molecule has 0 unspecified atom stereocenters. The van der Waals surface area contributed by atoms with Gasteiger partial charge in [0.1, 0.15) is 0 Å². The largest absolute Gasteiger partial charge is 0.418 e. The lowest BCUT2D eigenvalue weighted by Gasteiger charge is -2.16. The van der Waals surface area contributed by atoms with Crippen molar-refractivity contribution < 1.29 is 18.0 Å². The van der Waals surface area contributed by atoms with Gasteiger partial charge < -0.3 is 16.1 Å². The molecule has 0 fully saturated rings. The van der Waals surface area contributed by atoms with Gasteiger partial charge in [0.2, 0.25) is 0 Å². The molecule has 0 spiro atoms. The number of halogens is 3. The molecule has 0 saturated heterocycles. The van der Waals surface area contributed by atoms with Crippen molar-refractivity contribution in [3.63, 3.8) is 0 Å². The van der Waals surface area contributed by atoms with Gasteiger partial charge in [0.25, 0.3) is 0 Å². The molecule has 2 aromatic rings. The molecule has 3 rings (SSSR count). The first-order chi connectivity index (χ1) is 12.3. The van der Waals surface area contributed by atoms with E-state index in [1.54, 1.807) is 29.3 Å². The van der Waals surface area contributed by atoms with E-state index in [0.717, 1.165) is 17.5 Å². The van der Waals surface area contributed by atoms with Crippen LogP contribution >= 0.6 is 0 Å². The zero-order valence-corrected chi connectivity index (χ0v) is 13.7. The number of nitrogens with zero attached hydrogens (tertiary/aromatic N) is 1. The Bertz CT molecular complexity index is 833. The van der Waals surface area contributed by atoms with E-state index in [2.05, 4.69) is 21.6 Å². The van der Waals surface area contributed by atoms with E-state index in [4.69, 9.17) is 0 Å². The predicted octanol–water partition coefficient (Wildman–Crippen LogP) is 4.04. The number of carbonyl (C=O) groups excluding carboxylic acids is 1. The van der Waals surface area contributed by atoms with Crippen molar-refractivity contribution in [1.29, 1.82) is 0 Å². The number of para-hydroxylation sites is 1. The van der Waals surface area contributed by atoms with E-state index in [9.17, 15) is 18.0 Å². The molecule has 1 aliphatic heterocycles. The van der Waals surface area contributed by atoms with E-state index in [1.807, 2.05) is 13.1 Å². The summed E-state index contributed by atoms with van der Waals surface area (Å²) in [6, 6.07) is 10.8. The fourth-order valence-corrected chi connectivity index (χ4v) is 2.38. The van der Waals surface area contributed by atoms with Gasteiger partial charge in [-0.1, -0.05) is 12.1 Å². The Hall–Kier alpha value is -3.20. The van der Waals surface area contributed by atoms with Gasteiger partial charge in [-0.15, -0.1) is 5.53 Å². The van der Waals surface area contributed by atoms with Gasteiger partial charge >= 0.3 is 12.2 Å². The topological polar surface area (TPSA) is 68.4 Å². The summed E-state index contributed by atoms with van der Waals surface area (Å²) >= 11 is 0. The molecule has 9 heteroatoms. The molecule has 4 N–H and O–H groups in total. The third-order valence-corrected chi connectivity index (χ3v) is 3.58. The van der Waals surface area contributed by atoms with Crippen molar-refractivity contribution in [2.45, 2.75) is 13.1 Å². The van der Waals surface area contributed by atoms with Crippen molar-refractivity contribution in [2.75, 3.05) is 15.6 Å². The van der Waals surface area contributed by atoms with Crippen LogP contribution in [0.2, 0.25) is 0 Å². The molecular weight excluding hydrogens is 347 g/mol. The Labute approximate surface area is 147 Å². The predicted molar refractivity (Wildman–Crippen MR) is 93.0 cm³/mol. The molecule has 0 bridgehead atoms. The van der Waals surface area contributed by atoms with E-state index in [-0.39, 0.29) is 5.69 Å². The normalized spacial score (nSPS) is 13.8. The molecular formula is C17H16F3N5O. The Morgan fingerprint density at radius 3 is 2.35 bits per heavy atom. The van der Waals surface area contributed by atoms with Crippen molar-refractivity contribution in [1.82, 2.24) is 11.0 Å². The molecule has 26 heavy (non-hydrogen) atoms. The average Bonchev–Trinajstić information content (AvgIpc) is 3.01. The first-order valence-corrected chi connectivity index (χ1v) is 7.66. The van der Waals surface area contributed by atoms with E-state index < -0.39 is 17.8 Å². The van der Waals surface area contributed by atoms with Gasteiger partial charge in [-0.05, 0) is 43.3 Å². The van der Waals surface area contributed by atoms with Gasteiger partial charge in [0.15, 0.2) is 0 Å². The van der Waals surface area contributed by atoms with Gasteiger partial charge in [-0.3, -0.25) is 5.01 Å². The summed E-state index contributed by atoms with van der Waals surface area (Å²) in [6.45, 7) is 1.89. The number of amides is 2. The Morgan fingerprint density at radius 1 is 1.04 bits per heavy atom. The number of anilines is 3. The van der Waals surface area contributed by atoms with Crippen LogP contribution in [0.5, 0.6) is 0 Å². The fourth-order valence-electron chi connectivity index (χ4n) is 2.38. The highest BCUT2D eigenvalue weighted by Crippen LogP contribution is 2.34. The van der Waals surface area contributed by atoms with Crippen molar-refractivity contribution in [2.24, 2.45) is 0 Å². The summed E-state index contributed by atoms with van der Waals surface area (Å²) in [7, 11) is 0. The number of hydrogen-bond donors (Lipinski definition) is 4. The first-order valence-electron chi connectivity index (χ1n) is 7.66. The highest BCUT2D eigenvalue weighted by atomic mass is 19.4. The first kappa shape index (κ1) is 17.6. The summed E-state index contributed by atoms with van der Waals surface area (Å²) in [5.74, 6) is 0. The van der Waals surface area contributed by atoms with Crippen LogP contribution in [0.1, 0.15) is 12.5 Å². The zero-order chi connectivity index (χ0) is 18.7. The number of hydrogen-bond acceptors (Lipinski definition) is 4. The molecule has 2 amide bonds. The lowest BCUT2D eigenvalue weighted by Crippen LogP contribution is -2.36. The number of benzene rings is 2. The molecule has 0 radical (unpaired) electrons. The van der Waals surface area contributed by atoms with Crippen LogP contribution in [0.15, 0.2) is 60.4 Å². The molecule has 6 nitrogen and oxygen atoms in total. The molecule has 136 valence electrons. The molecule has 1 aliphatic rings. The minimum Gasteiger partial charge on any atom is -0.308 e. The second-order valence-corrected chi connectivity index (χ2v) is 5.59. The number of allylic oxidation sites excluding steroid dienone is 1. The Morgan fingerprint density at radius 2 is 1.73 bits per heavy atom. The third-order valence-electron chi connectivity index (χ3n) is 3.58. The maximum atomic E-state index is 13.0. The minimum absolute atomic E-state index is 0.304. The monoisotopic (exact) mass is 363 g/mol. The van der Waals surface area contributed by atoms with Crippen LogP contribution in [0, 0.1) is 0 Å². The molecule has 1 heterocycles. The van der Waals surface area contributed by atoms with Crippen LogP contribution < -0.4 is 26.6 Å². The average molecular weight is 363 g/mol. The van der Waals surface area contributed by atoms with E-state index in [0.29, 0.717) is 5.69 Å². The maximum Gasteiger partial charge on any atom is 0.418 e. The summed E-state index contributed by atoms with van der Waals surface area (Å²) in [6.07, 6.45) is -2.70. The lowest BCUT2D eigenvalue weighted by atomic mass is 10.1. The summed E-state index contributed by atoms with van der Waals surface area (Å²) in [4.78, 5) is 12.0. The minimum atomic E-state index is -4.55. The van der Waals surface area contributed by atoms with Gasteiger partial charge in [0, 0.05) is 17.6 Å². The number of urea groups is 1. The quantitative estimate of drug-likeness (QED) is 0.664. The molecule has 0 atom stereocenters. The number of rotatable bonds is 3. The number of nitrogens with one attached hydrogen (secondary N) is 4. The second kappa shape index (κ2) is 6.96. The van der Waals surface area contributed by atoms with Gasteiger partial charge in [-0.2, -0.15) is 13.2 Å². The fraction of sp³-hybridized carbons (Fsp3) is 0.118. The lowest BCUT2D eigenvalue weighted by molar-refractivity contribution is -0.136. The zero-order valence-electron chi connectivity index (χ0n) is 13.7. The Kier molecular flexibility index (Phi) is 4.72. The van der Waals surface area contributed by atoms with Crippen LogP contribution in [0.4, 0.5) is 35.0 Å². The van der Waals surface area contributed by atoms with E-state index >= 15 is 0 Å². The number of hydrazine groups is 2. The number of carbonyl (C=O) groups is 1. The van der Waals surface area contributed by atoms with Crippen molar-refractivity contribution >= 4 is 23.1 Å². The SMILES string of the molecule is CC1=CN(c2ccc(NC(=O)Nc3ccccc3C(F)(F)F)cc2)NN1. The highest BCUT2D eigenvalue weighted by molar-refractivity contribution is 6.00. The summed E-state index contributed by atoms with van der Waals surface area (Å²) in [5, 5.41) is 6.49. The summed E-state index contributed by atoms with van der Waals surface area (Å²) < 4.78 is 38.9. The van der Waals surface area contributed by atoms with Crippen molar-refractivity contribution in [3.05, 3.63) is 66.0 Å². The maximum absolute atomic E-state index is 13.0. The van der Waals surface area contributed by atoms with E-state index in [1.165, 1.54) is 18.2 Å². The highest BCUT2D eigenvalue weighted by Gasteiger charge is 2.33. The van der Waals surface area contributed by atoms with Crippen LogP contribution in [-0.2, 0) is 6.18 Å². The standard InChI is InChI=1S/C17H16F3N5O/c1-11-10-25(24-23-11)13-8-6-12(7-9-13)21-16(26)22-15-5-3-2-4-14(15)17(18,19)20/h2-10,23-24H,1H3,(H2,21,22,26).